The van der Waals surface area contributed by atoms with Crippen molar-refractivity contribution >= 4 is 40.4 Å². The number of carbonyl (C=O) groups is 2. The van der Waals surface area contributed by atoms with Crippen molar-refractivity contribution in [1.29, 1.82) is 0 Å². The lowest BCUT2D eigenvalue weighted by atomic mass is 10.2. The first-order valence-corrected chi connectivity index (χ1v) is 9.03. The zero-order valence-electron chi connectivity index (χ0n) is 15.6. The van der Waals surface area contributed by atoms with E-state index in [1.165, 1.54) is 7.11 Å². The molecule has 0 aliphatic carbocycles. The molecule has 0 aromatic heterocycles. The van der Waals surface area contributed by atoms with Crippen molar-refractivity contribution in [2.45, 2.75) is 0 Å². The van der Waals surface area contributed by atoms with Gasteiger partial charge in [0.05, 0.1) is 24.8 Å². The van der Waals surface area contributed by atoms with Crippen LogP contribution in [0.15, 0.2) is 47.4 Å². The molecule has 2 aromatic carbocycles. The molecule has 2 amide bonds. The Labute approximate surface area is 162 Å². The van der Waals surface area contributed by atoms with Crippen LogP contribution in [0.5, 0.6) is 11.5 Å². The molecule has 1 saturated heterocycles. The van der Waals surface area contributed by atoms with Crippen LogP contribution in [-0.4, -0.2) is 39.5 Å². The summed E-state index contributed by atoms with van der Waals surface area (Å²) >= 11 is 0.912. The topological polar surface area (TPSA) is 59.1 Å². The number of methoxy groups -OCH3 is 2. The summed E-state index contributed by atoms with van der Waals surface area (Å²) in [6, 6.07) is 12.7. The normalized spacial score (nSPS) is 15.4. The summed E-state index contributed by atoms with van der Waals surface area (Å²) in [4.78, 5) is 28.8. The van der Waals surface area contributed by atoms with E-state index in [1.807, 2.05) is 43.3 Å². The Morgan fingerprint density at radius 2 is 1.70 bits per heavy atom. The fourth-order valence-electron chi connectivity index (χ4n) is 2.67. The number of imide groups is 1. The van der Waals surface area contributed by atoms with Crippen LogP contribution >= 0.6 is 11.8 Å². The van der Waals surface area contributed by atoms with Crippen LogP contribution in [0.3, 0.4) is 0 Å². The standard InChI is InChI=1S/C20H20N2O4S/c1-21(2)14-7-5-13(6-8-14)11-18-19(23)22(20(24)27-18)16-10-9-15(25-3)12-17(16)26-4/h5-12H,1-4H3/b18-11-. The predicted octanol–water partition coefficient (Wildman–Crippen LogP) is 4.01. The molecule has 0 radical (unpaired) electrons. The summed E-state index contributed by atoms with van der Waals surface area (Å²) in [6.45, 7) is 0. The third-order valence-electron chi connectivity index (χ3n) is 4.13. The van der Waals surface area contributed by atoms with E-state index in [0.717, 1.165) is 27.9 Å². The number of hydrogen-bond acceptors (Lipinski definition) is 6. The summed E-state index contributed by atoms with van der Waals surface area (Å²) < 4.78 is 10.5. The molecule has 0 atom stereocenters. The monoisotopic (exact) mass is 384 g/mol. The second kappa shape index (κ2) is 7.75. The van der Waals surface area contributed by atoms with E-state index >= 15 is 0 Å². The minimum atomic E-state index is -0.370. The van der Waals surface area contributed by atoms with Gasteiger partial charge >= 0.3 is 0 Å². The molecule has 2 aromatic rings. The van der Waals surface area contributed by atoms with Crippen molar-refractivity contribution in [3.8, 4) is 11.5 Å². The average Bonchev–Trinajstić information content (AvgIpc) is 2.94. The summed E-state index contributed by atoms with van der Waals surface area (Å²) in [5.74, 6) is 0.609. The molecule has 0 saturated carbocycles. The Morgan fingerprint density at radius 1 is 1.00 bits per heavy atom. The molecule has 1 aliphatic heterocycles. The fraction of sp³-hybridized carbons (Fsp3) is 0.200. The van der Waals surface area contributed by atoms with E-state index in [9.17, 15) is 9.59 Å². The van der Waals surface area contributed by atoms with Gasteiger partial charge < -0.3 is 14.4 Å². The van der Waals surface area contributed by atoms with Crippen LogP contribution in [0.4, 0.5) is 16.2 Å². The molecule has 0 bridgehead atoms. The van der Waals surface area contributed by atoms with Gasteiger partial charge in [-0.15, -0.1) is 0 Å². The molecule has 1 aliphatic rings. The van der Waals surface area contributed by atoms with Crippen LogP contribution in [0, 0.1) is 0 Å². The first-order chi connectivity index (χ1) is 12.9. The minimum absolute atomic E-state index is 0.361. The Hall–Kier alpha value is -2.93. The van der Waals surface area contributed by atoms with Crippen molar-refractivity contribution in [2.75, 3.05) is 38.1 Å². The molecule has 140 valence electrons. The largest absolute Gasteiger partial charge is 0.497 e. The maximum absolute atomic E-state index is 12.8. The smallest absolute Gasteiger partial charge is 0.298 e. The fourth-order valence-corrected chi connectivity index (χ4v) is 3.50. The quantitative estimate of drug-likeness (QED) is 0.726. The zero-order chi connectivity index (χ0) is 19.6. The third kappa shape index (κ3) is 3.78. The number of amides is 2. The van der Waals surface area contributed by atoms with Crippen molar-refractivity contribution in [1.82, 2.24) is 0 Å². The average molecular weight is 384 g/mol. The number of benzene rings is 2. The summed E-state index contributed by atoms with van der Waals surface area (Å²) in [6.07, 6.45) is 1.72. The van der Waals surface area contributed by atoms with E-state index in [2.05, 4.69) is 0 Å². The molecule has 6 nitrogen and oxygen atoms in total. The molecular weight excluding hydrogens is 364 g/mol. The SMILES string of the molecule is COc1ccc(N2C(=O)S/C(=C\c3ccc(N(C)C)cc3)C2=O)c(OC)c1. The molecule has 3 rings (SSSR count). The summed E-state index contributed by atoms with van der Waals surface area (Å²) in [7, 11) is 6.95. The van der Waals surface area contributed by atoms with Crippen molar-refractivity contribution in [3.63, 3.8) is 0 Å². The van der Waals surface area contributed by atoms with E-state index in [0.29, 0.717) is 22.1 Å². The highest BCUT2D eigenvalue weighted by Gasteiger charge is 2.37. The maximum atomic E-state index is 12.8. The first-order valence-electron chi connectivity index (χ1n) is 8.22. The molecule has 7 heteroatoms. The van der Waals surface area contributed by atoms with E-state index in [4.69, 9.17) is 9.47 Å². The number of nitrogens with zero attached hydrogens (tertiary/aromatic N) is 2. The molecule has 27 heavy (non-hydrogen) atoms. The number of carbonyl (C=O) groups excluding carboxylic acids is 2. The lowest BCUT2D eigenvalue weighted by molar-refractivity contribution is -0.113. The number of anilines is 2. The Bertz CT molecular complexity index is 907. The Morgan fingerprint density at radius 3 is 2.30 bits per heavy atom. The van der Waals surface area contributed by atoms with Gasteiger partial charge in [0.25, 0.3) is 11.1 Å². The highest BCUT2D eigenvalue weighted by molar-refractivity contribution is 8.19. The lowest BCUT2D eigenvalue weighted by Crippen LogP contribution is -2.28. The van der Waals surface area contributed by atoms with Gasteiger partial charge in [0.15, 0.2) is 0 Å². The van der Waals surface area contributed by atoms with Gasteiger partial charge in [-0.2, -0.15) is 0 Å². The second-order valence-corrected chi connectivity index (χ2v) is 7.03. The zero-order valence-corrected chi connectivity index (χ0v) is 16.4. The van der Waals surface area contributed by atoms with Gasteiger partial charge in [0.2, 0.25) is 0 Å². The van der Waals surface area contributed by atoms with Crippen LogP contribution in [0.1, 0.15) is 5.56 Å². The van der Waals surface area contributed by atoms with Gasteiger partial charge in [-0.1, -0.05) is 12.1 Å². The van der Waals surface area contributed by atoms with Gasteiger partial charge in [-0.25, -0.2) is 4.90 Å². The van der Waals surface area contributed by atoms with Crippen LogP contribution < -0.4 is 19.3 Å². The van der Waals surface area contributed by atoms with Crippen molar-refractivity contribution in [3.05, 3.63) is 52.9 Å². The third-order valence-corrected chi connectivity index (χ3v) is 5.00. The highest BCUT2D eigenvalue weighted by atomic mass is 32.2. The molecule has 0 unspecified atom stereocenters. The lowest BCUT2D eigenvalue weighted by Gasteiger charge is -2.17. The molecule has 0 N–H and O–H groups in total. The van der Waals surface area contributed by atoms with E-state index < -0.39 is 0 Å². The Kier molecular flexibility index (Phi) is 5.41. The highest BCUT2D eigenvalue weighted by Crippen LogP contribution is 2.41. The van der Waals surface area contributed by atoms with Gasteiger partial charge in [-0.05, 0) is 47.7 Å². The predicted molar refractivity (Wildman–Crippen MR) is 109 cm³/mol. The van der Waals surface area contributed by atoms with E-state index in [1.54, 1.807) is 31.4 Å². The first kappa shape index (κ1) is 18.8. The Balaban J connectivity index is 1.91. The van der Waals surface area contributed by atoms with Crippen molar-refractivity contribution in [2.24, 2.45) is 0 Å². The summed E-state index contributed by atoms with van der Waals surface area (Å²) in [5, 5.41) is -0.361. The van der Waals surface area contributed by atoms with Crippen molar-refractivity contribution < 1.29 is 19.1 Å². The van der Waals surface area contributed by atoms with Crippen LogP contribution in [0.2, 0.25) is 0 Å². The summed E-state index contributed by atoms with van der Waals surface area (Å²) in [5.41, 5.74) is 2.31. The van der Waals surface area contributed by atoms with Gasteiger partial charge in [-0.3, -0.25) is 9.59 Å². The van der Waals surface area contributed by atoms with Gasteiger partial charge in [0.1, 0.15) is 11.5 Å². The van der Waals surface area contributed by atoms with Crippen LogP contribution in [0.25, 0.3) is 6.08 Å². The molecule has 0 spiro atoms. The van der Waals surface area contributed by atoms with Gasteiger partial charge in [0, 0.05) is 25.8 Å². The number of ether oxygens (including phenoxy) is 2. The second-order valence-electron chi connectivity index (χ2n) is 6.04. The van der Waals surface area contributed by atoms with E-state index in [-0.39, 0.29) is 11.1 Å². The number of thioether (sulfide) groups is 1. The molecular formula is C20H20N2O4S. The molecule has 1 fully saturated rings. The number of hydrogen-bond donors (Lipinski definition) is 0. The number of rotatable bonds is 5. The maximum Gasteiger partial charge on any atom is 0.298 e. The van der Waals surface area contributed by atoms with Crippen LogP contribution in [-0.2, 0) is 4.79 Å². The molecule has 1 heterocycles. The minimum Gasteiger partial charge on any atom is -0.497 e.